The topological polar surface area (TPSA) is 84.0 Å². The normalized spacial score (nSPS) is 16.5. The number of amidine groups is 1. The van der Waals surface area contributed by atoms with E-state index in [0.717, 1.165) is 28.2 Å². The number of nitrogens with zero attached hydrogens (tertiary/aromatic N) is 2. The van der Waals surface area contributed by atoms with E-state index in [9.17, 15) is 9.59 Å². The Kier molecular flexibility index (Phi) is 6.08. The summed E-state index contributed by atoms with van der Waals surface area (Å²) in [5.41, 5.74) is 2.76. The Labute approximate surface area is 183 Å². The minimum Gasteiger partial charge on any atom is -0.494 e. The molecule has 2 aromatic carbocycles. The fourth-order valence-corrected chi connectivity index (χ4v) is 4.33. The lowest BCUT2D eigenvalue weighted by atomic mass is 10.1. The van der Waals surface area contributed by atoms with Gasteiger partial charge in [-0.15, -0.1) is 0 Å². The highest BCUT2D eigenvalue weighted by Crippen LogP contribution is 2.35. The van der Waals surface area contributed by atoms with Crippen molar-refractivity contribution in [2.45, 2.75) is 6.42 Å². The van der Waals surface area contributed by atoms with Gasteiger partial charge in [0.2, 0.25) is 0 Å². The van der Waals surface area contributed by atoms with Crippen LogP contribution in [0.2, 0.25) is 0 Å². The van der Waals surface area contributed by atoms with Crippen molar-refractivity contribution in [3.05, 3.63) is 71.3 Å². The molecule has 0 atom stereocenters. The lowest BCUT2D eigenvalue weighted by Crippen LogP contribution is -2.31. The molecule has 7 nitrogen and oxygen atoms in total. The molecule has 1 N–H and O–H groups in total. The van der Waals surface area contributed by atoms with Crippen molar-refractivity contribution in [1.82, 2.24) is 9.88 Å². The molecule has 158 valence electrons. The zero-order valence-corrected chi connectivity index (χ0v) is 17.9. The standard InChI is InChI=1S/C23H21N3O4S/c1-29-19-10-6-5-9-18(19)25-23-26(22(28)20(31-23)13-21(27)30-2)12-11-15-14-24-17-8-4-3-7-16(15)17/h3-10,13-14,24H,11-12H2,1-2H3/b20-13-,25-23?. The smallest absolute Gasteiger partial charge is 0.331 e. The van der Waals surface area contributed by atoms with E-state index >= 15 is 0 Å². The predicted molar refractivity (Wildman–Crippen MR) is 121 cm³/mol. The molecule has 1 aliphatic heterocycles. The van der Waals surface area contributed by atoms with E-state index in [2.05, 4.69) is 14.7 Å². The number of rotatable bonds is 6. The number of thioether (sulfide) groups is 1. The second kappa shape index (κ2) is 9.09. The second-order valence-electron chi connectivity index (χ2n) is 6.77. The first-order chi connectivity index (χ1) is 15.1. The number of H-pyrrole nitrogens is 1. The molecule has 0 unspecified atom stereocenters. The van der Waals surface area contributed by atoms with Crippen LogP contribution in [0.4, 0.5) is 5.69 Å². The number of nitrogens with one attached hydrogen (secondary N) is 1. The summed E-state index contributed by atoms with van der Waals surface area (Å²) in [6, 6.07) is 15.4. The van der Waals surface area contributed by atoms with Crippen molar-refractivity contribution < 1.29 is 19.1 Å². The molecule has 1 aromatic heterocycles. The maximum absolute atomic E-state index is 13.0. The van der Waals surface area contributed by atoms with Gasteiger partial charge in [-0.1, -0.05) is 30.3 Å². The van der Waals surface area contributed by atoms with E-state index in [1.54, 1.807) is 12.0 Å². The SMILES string of the molecule is COC(=O)/C=C1\SC(=Nc2ccccc2OC)N(CCc2c[nH]c3ccccc23)C1=O. The third-order valence-electron chi connectivity index (χ3n) is 4.92. The van der Waals surface area contributed by atoms with Gasteiger partial charge >= 0.3 is 5.97 Å². The number of benzene rings is 2. The number of hydrogen-bond acceptors (Lipinski definition) is 6. The Hall–Kier alpha value is -3.52. The van der Waals surface area contributed by atoms with Crippen LogP contribution in [0, 0.1) is 0 Å². The van der Waals surface area contributed by atoms with E-state index in [4.69, 9.17) is 4.74 Å². The maximum Gasteiger partial charge on any atom is 0.331 e. The highest BCUT2D eigenvalue weighted by molar-refractivity contribution is 8.18. The monoisotopic (exact) mass is 435 g/mol. The van der Waals surface area contributed by atoms with Crippen molar-refractivity contribution in [2.75, 3.05) is 20.8 Å². The number of ether oxygens (including phenoxy) is 2. The number of esters is 1. The van der Waals surface area contributed by atoms with Crippen LogP contribution in [0.25, 0.3) is 10.9 Å². The van der Waals surface area contributed by atoms with Gasteiger partial charge in [0.25, 0.3) is 5.91 Å². The van der Waals surface area contributed by atoms with Crippen LogP contribution in [0.15, 0.2) is 70.7 Å². The number of fused-ring (bicyclic) bond motifs is 1. The third-order valence-corrected chi connectivity index (χ3v) is 5.93. The highest BCUT2D eigenvalue weighted by atomic mass is 32.2. The van der Waals surface area contributed by atoms with E-state index in [1.165, 1.54) is 13.2 Å². The molecule has 1 saturated heterocycles. The Morgan fingerprint density at radius 3 is 2.74 bits per heavy atom. The quantitative estimate of drug-likeness (QED) is 0.467. The van der Waals surface area contributed by atoms with Crippen molar-refractivity contribution in [1.29, 1.82) is 0 Å². The molecule has 1 aliphatic rings. The molecule has 2 heterocycles. The maximum atomic E-state index is 13.0. The van der Waals surface area contributed by atoms with Gasteiger partial charge in [0.1, 0.15) is 11.4 Å². The van der Waals surface area contributed by atoms with Gasteiger partial charge in [-0.05, 0) is 41.9 Å². The van der Waals surface area contributed by atoms with E-state index in [1.807, 2.05) is 54.7 Å². The Balaban J connectivity index is 1.65. The van der Waals surface area contributed by atoms with E-state index in [0.29, 0.717) is 29.6 Å². The van der Waals surface area contributed by atoms with Crippen molar-refractivity contribution in [2.24, 2.45) is 4.99 Å². The molecule has 0 radical (unpaired) electrons. The second-order valence-corrected chi connectivity index (χ2v) is 7.78. The summed E-state index contributed by atoms with van der Waals surface area (Å²) in [4.78, 5) is 34.6. The number of hydrogen-bond donors (Lipinski definition) is 1. The Bertz CT molecular complexity index is 1200. The van der Waals surface area contributed by atoms with Crippen molar-refractivity contribution >= 4 is 45.4 Å². The van der Waals surface area contributed by atoms with Crippen LogP contribution in [0.3, 0.4) is 0 Å². The lowest BCUT2D eigenvalue weighted by molar-refractivity contribution is -0.135. The fraction of sp³-hybridized carbons (Fsp3) is 0.174. The van der Waals surface area contributed by atoms with Gasteiger partial charge in [-0.2, -0.15) is 0 Å². The number of amides is 1. The Morgan fingerprint density at radius 2 is 1.94 bits per heavy atom. The number of methoxy groups -OCH3 is 2. The van der Waals surface area contributed by atoms with Crippen LogP contribution < -0.4 is 4.74 Å². The van der Waals surface area contributed by atoms with Crippen LogP contribution in [0.1, 0.15) is 5.56 Å². The summed E-state index contributed by atoms with van der Waals surface area (Å²) in [7, 11) is 2.85. The largest absolute Gasteiger partial charge is 0.494 e. The molecule has 8 heteroatoms. The summed E-state index contributed by atoms with van der Waals surface area (Å²) < 4.78 is 10.1. The summed E-state index contributed by atoms with van der Waals surface area (Å²) in [5, 5.41) is 1.61. The molecule has 31 heavy (non-hydrogen) atoms. The summed E-state index contributed by atoms with van der Waals surface area (Å²) in [5.74, 6) is -0.250. The van der Waals surface area contributed by atoms with Gasteiger partial charge in [-0.3, -0.25) is 9.69 Å². The molecule has 0 aliphatic carbocycles. The summed E-state index contributed by atoms with van der Waals surface area (Å²) in [6.07, 6.45) is 3.80. The van der Waals surface area contributed by atoms with Crippen LogP contribution in [0.5, 0.6) is 5.75 Å². The van der Waals surface area contributed by atoms with E-state index < -0.39 is 5.97 Å². The van der Waals surface area contributed by atoms with Gasteiger partial charge < -0.3 is 14.5 Å². The molecule has 0 saturated carbocycles. The summed E-state index contributed by atoms with van der Waals surface area (Å²) >= 11 is 1.15. The van der Waals surface area contributed by atoms with Gasteiger partial charge in [0.15, 0.2) is 5.17 Å². The highest BCUT2D eigenvalue weighted by Gasteiger charge is 2.34. The molecule has 3 aromatic rings. The van der Waals surface area contributed by atoms with Crippen LogP contribution >= 0.6 is 11.8 Å². The minimum atomic E-state index is -0.578. The number of para-hydroxylation sites is 3. The molecule has 1 fully saturated rings. The molecular formula is C23H21N3O4S. The van der Waals surface area contributed by atoms with Gasteiger partial charge in [0.05, 0.1) is 19.1 Å². The molecule has 4 rings (SSSR count). The van der Waals surface area contributed by atoms with Crippen molar-refractivity contribution in [3.63, 3.8) is 0 Å². The average Bonchev–Trinajstić information content (AvgIpc) is 3.33. The Morgan fingerprint density at radius 1 is 1.16 bits per heavy atom. The van der Waals surface area contributed by atoms with Gasteiger partial charge in [-0.25, -0.2) is 9.79 Å². The zero-order chi connectivity index (χ0) is 21.8. The first-order valence-electron chi connectivity index (χ1n) is 9.66. The van der Waals surface area contributed by atoms with Gasteiger partial charge in [0, 0.05) is 29.7 Å². The number of carbonyl (C=O) groups is 2. The molecular weight excluding hydrogens is 414 g/mol. The van der Waals surface area contributed by atoms with E-state index in [-0.39, 0.29) is 10.8 Å². The first-order valence-corrected chi connectivity index (χ1v) is 10.5. The molecule has 1 amide bonds. The zero-order valence-electron chi connectivity index (χ0n) is 17.1. The first kappa shape index (κ1) is 20.7. The number of aromatic amines is 1. The number of aliphatic imine (C=N–C) groups is 1. The summed E-state index contributed by atoms with van der Waals surface area (Å²) in [6.45, 7) is 0.417. The lowest BCUT2D eigenvalue weighted by Gasteiger charge is -2.16. The minimum absolute atomic E-state index is 0.274. The van der Waals surface area contributed by atoms with Crippen LogP contribution in [-0.2, 0) is 20.7 Å². The number of carbonyl (C=O) groups excluding carboxylic acids is 2. The average molecular weight is 436 g/mol. The molecule has 0 spiro atoms. The molecule has 0 bridgehead atoms. The third kappa shape index (κ3) is 4.34. The van der Waals surface area contributed by atoms with Crippen molar-refractivity contribution in [3.8, 4) is 5.75 Å². The number of aromatic nitrogens is 1. The predicted octanol–water partition coefficient (Wildman–Crippen LogP) is 4.04. The fourth-order valence-electron chi connectivity index (χ4n) is 3.35. The van der Waals surface area contributed by atoms with Crippen LogP contribution in [-0.4, -0.2) is 47.7 Å².